The Kier molecular flexibility index (Phi) is 51.2. The first-order valence-corrected chi connectivity index (χ1v) is 0.928. The number of carbonyl (C=O) groups is 1. The van der Waals surface area contributed by atoms with Gasteiger partial charge in [0.05, 0.1) is 0 Å². The fourth-order valence-electron chi connectivity index (χ4n) is 0. The molecule has 0 aliphatic carbocycles. The van der Waals surface area contributed by atoms with Crippen molar-refractivity contribution in [3.8, 4) is 0 Å². The van der Waals surface area contributed by atoms with Crippen molar-refractivity contribution in [1.29, 1.82) is 0 Å². The second-order valence-electron chi connectivity index (χ2n) is 0.519. The Labute approximate surface area is 119 Å². The van der Waals surface area contributed by atoms with Gasteiger partial charge in [-0.05, 0) is 0 Å². The van der Waals surface area contributed by atoms with E-state index in [1.54, 1.807) is 0 Å². The van der Waals surface area contributed by atoms with Gasteiger partial charge in [0.15, 0.2) is 0 Å². The average molecular weight is 192 g/mol. The van der Waals surface area contributed by atoms with Crippen LogP contribution in [0.15, 0.2) is 0 Å². The van der Waals surface area contributed by atoms with Crippen LogP contribution in [0.2, 0.25) is 0 Å². The quantitative estimate of drug-likeness (QED) is 0.416. The van der Waals surface area contributed by atoms with Crippen molar-refractivity contribution in [1.82, 2.24) is 0 Å². The fraction of sp³-hybridized carbons (Fsp3) is 0.500. The van der Waals surface area contributed by atoms with Gasteiger partial charge in [0.25, 0.3) is 5.97 Å². The Morgan fingerprint density at radius 3 is 1.71 bits per heavy atom. The summed E-state index contributed by atoms with van der Waals surface area (Å²) < 4.78 is 0. The Hall–Kier alpha value is 2.50. The summed E-state index contributed by atoms with van der Waals surface area (Å²) in [5.41, 5.74) is 0. The summed E-state index contributed by atoms with van der Waals surface area (Å²) in [6.07, 6.45) is 0. The molecule has 0 aliphatic rings. The van der Waals surface area contributed by atoms with Gasteiger partial charge in [0, 0.05) is 26.4 Å². The Bertz CT molecular complexity index is 47.5. The summed E-state index contributed by atoms with van der Waals surface area (Å²) in [4.78, 5) is 9.00. The molecule has 0 aliphatic heterocycles. The van der Waals surface area contributed by atoms with Gasteiger partial charge in [0.1, 0.15) is 0 Å². The van der Waals surface area contributed by atoms with Crippen LogP contribution in [0.5, 0.6) is 0 Å². The Morgan fingerprint density at radius 1 is 1.71 bits per heavy atom. The molecule has 0 aromatic rings. The number of hydrogen-bond donors (Lipinski definition) is 1. The van der Waals surface area contributed by atoms with Crippen molar-refractivity contribution < 1.29 is 85.0 Å². The average Bonchev–Trinajstić information content (AvgIpc) is 0.811. The van der Waals surface area contributed by atoms with Crippen molar-refractivity contribution in [3.63, 3.8) is 0 Å². The zero-order chi connectivity index (χ0) is 3.58. The number of hydrogen-bond acceptors (Lipinski definition) is 1. The zero-order valence-electron chi connectivity index (χ0n) is 7.77. The molecule has 0 saturated carbocycles. The van der Waals surface area contributed by atoms with E-state index in [2.05, 4.69) is 0 Å². The van der Waals surface area contributed by atoms with Crippen LogP contribution in [0.25, 0.3) is 0 Å². The first kappa shape index (κ1) is 22.7. The third-order valence-electron chi connectivity index (χ3n) is 0. The number of aliphatic carboxylic acids is 1. The van der Waals surface area contributed by atoms with E-state index >= 15 is 0 Å². The molecule has 32 valence electrons. The molecule has 0 saturated heterocycles. The minimum Gasteiger partial charge on any atom is -1.00 e. The summed E-state index contributed by atoms with van der Waals surface area (Å²) >= 11 is 0. The van der Waals surface area contributed by atoms with E-state index < -0.39 is 5.97 Å². The van der Waals surface area contributed by atoms with Crippen LogP contribution in [-0.2, 0) is 24.3 Å². The fourth-order valence-corrected chi connectivity index (χ4v) is 0. The van der Waals surface area contributed by atoms with Crippen LogP contribution >= 0.6 is 0 Å². The maximum Gasteiger partial charge on any atom is 2.00 e. The predicted octanol–water partition coefficient (Wildman–Crippen LogP) is -2.95. The van der Waals surface area contributed by atoms with Crippen molar-refractivity contribution in [2.24, 2.45) is 0 Å². The smallest absolute Gasteiger partial charge is 1.00 e. The van der Waals surface area contributed by atoms with E-state index in [9.17, 15) is 0 Å². The molecule has 7 heavy (non-hydrogen) atoms. The zero-order valence-corrected chi connectivity index (χ0v) is 12.3. The molecule has 1 N–H and O–H groups in total. The van der Waals surface area contributed by atoms with Crippen molar-refractivity contribution >= 4 is 29.0 Å². The standard InChI is InChI=1S/C2H4O2.K.Mg.Zn.3H/c1-2(3)4;;;;;;/h1H3,(H,3,4);;;;;;/q;+1;+2;;3*-1. The molecule has 0 atom stereocenters. The monoisotopic (exact) mass is 190 g/mol. The van der Waals surface area contributed by atoms with Gasteiger partial charge < -0.3 is 9.39 Å². The summed E-state index contributed by atoms with van der Waals surface area (Å²) in [7, 11) is 0. The van der Waals surface area contributed by atoms with Crippen LogP contribution in [0.1, 0.15) is 11.2 Å². The molecule has 2 nitrogen and oxygen atoms in total. The molecule has 0 aromatic heterocycles. The second kappa shape index (κ2) is 15.8. The molecule has 0 unspecified atom stereocenters. The Morgan fingerprint density at radius 2 is 1.71 bits per heavy atom. The topological polar surface area (TPSA) is 37.3 Å². The van der Waals surface area contributed by atoms with Gasteiger partial charge in [-0.15, -0.1) is 0 Å². The van der Waals surface area contributed by atoms with Gasteiger partial charge in [-0.3, -0.25) is 4.79 Å². The Balaban J connectivity index is -0.00000000300. The van der Waals surface area contributed by atoms with E-state index in [0.717, 1.165) is 6.92 Å². The third-order valence-corrected chi connectivity index (χ3v) is 0. The van der Waals surface area contributed by atoms with Gasteiger partial charge in [0.2, 0.25) is 0 Å². The molecular formula is C2H7KMgO2Zn. The third kappa shape index (κ3) is 57.5. The maximum atomic E-state index is 9.00. The maximum absolute atomic E-state index is 9.00. The first-order chi connectivity index (χ1) is 1.73. The number of rotatable bonds is 0. The first-order valence-electron chi connectivity index (χ1n) is 0.928. The molecule has 0 heterocycles. The molecule has 0 amide bonds. The predicted molar refractivity (Wildman–Crippen MR) is 22.4 cm³/mol. The second-order valence-corrected chi connectivity index (χ2v) is 0.519. The normalized spacial score (nSPS) is 3.57. The molecule has 0 aromatic carbocycles. The van der Waals surface area contributed by atoms with E-state index in [-0.39, 0.29) is 98.2 Å². The summed E-state index contributed by atoms with van der Waals surface area (Å²) in [6.45, 7) is 1.08. The van der Waals surface area contributed by atoms with Crippen LogP contribution in [-0.4, -0.2) is 34.1 Å². The van der Waals surface area contributed by atoms with Crippen LogP contribution < -0.4 is 51.4 Å². The van der Waals surface area contributed by atoms with Crippen LogP contribution in [0.3, 0.4) is 0 Å². The van der Waals surface area contributed by atoms with Crippen molar-refractivity contribution in [3.05, 3.63) is 0 Å². The van der Waals surface area contributed by atoms with E-state index in [4.69, 9.17) is 9.90 Å². The van der Waals surface area contributed by atoms with Gasteiger partial charge in [-0.2, -0.15) is 0 Å². The summed E-state index contributed by atoms with van der Waals surface area (Å²) in [5, 5.41) is 7.42. The van der Waals surface area contributed by atoms with Gasteiger partial charge >= 0.3 is 74.4 Å². The minimum atomic E-state index is -0.833. The molecule has 5 heteroatoms. The van der Waals surface area contributed by atoms with Crippen molar-refractivity contribution in [2.75, 3.05) is 0 Å². The molecular weight excluding hydrogens is 185 g/mol. The van der Waals surface area contributed by atoms with Crippen LogP contribution in [0.4, 0.5) is 0 Å². The molecule has 0 bridgehead atoms. The largest absolute Gasteiger partial charge is 2.00 e. The van der Waals surface area contributed by atoms with Gasteiger partial charge in [-0.1, -0.05) is 0 Å². The van der Waals surface area contributed by atoms with Gasteiger partial charge in [-0.25, -0.2) is 0 Å². The summed E-state index contributed by atoms with van der Waals surface area (Å²) in [5.74, 6) is -0.833. The summed E-state index contributed by atoms with van der Waals surface area (Å²) in [6, 6.07) is 0. The molecule has 0 radical (unpaired) electrons. The minimum absolute atomic E-state index is 0. The van der Waals surface area contributed by atoms with Crippen molar-refractivity contribution in [2.45, 2.75) is 6.92 Å². The van der Waals surface area contributed by atoms with E-state index in [1.807, 2.05) is 0 Å². The SMILES string of the molecule is CC(=O)O.[H-].[H-].[H-].[K+].[Mg+2].[Zn]. The van der Waals surface area contributed by atoms with Crippen LogP contribution in [0, 0.1) is 0 Å². The van der Waals surface area contributed by atoms with E-state index in [0.29, 0.717) is 0 Å². The molecule has 0 spiro atoms. The number of carboxylic acid groups (broad SMARTS) is 1. The molecule has 0 fully saturated rings. The molecule has 0 rings (SSSR count). The number of carboxylic acids is 1. The van der Waals surface area contributed by atoms with E-state index in [1.165, 1.54) is 0 Å².